The maximum Gasteiger partial charge on any atom is 0.279 e. The summed E-state index contributed by atoms with van der Waals surface area (Å²) in [5.41, 5.74) is 0.939. The highest BCUT2D eigenvalue weighted by molar-refractivity contribution is 6.30. The number of carbonyl (C=O) groups excluding carboxylic acids is 1. The van der Waals surface area contributed by atoms with E-state index in [-0.39, 0.29) is 24.0 Å². The molecule has 0 spiro atoms. The van der Waals surface area contributed by atoms with Gasteiger partial charge in [-0.1, -0.05) is 11.6 Å². The van der Waals surface area contributed by atoms with Crippen molar-refractivity contribution in [2.45, 2.75) is 6.54 Å². The molecule has 150 valence electrons. The van der Waals surface area contributed by atoms with E-state index < -0.39 is 5.82 Å². The second-order valence-corrected chi connectivity index (χ2v) is 7.42. The van der Waals surface area contributed by atoms with E-state index in [1.54, 1.807) is 13.2 Å². The van der Waals surface area contributed by atoms with Crippen LogP contribution in [0.1, 0.15) is 5.56 Å². The van der Waals surface area contributed by atoms with Gasteiger partial charge >= 0.3 is 0 Å². The molecule has 0 atom stereocenters. The van der Waals surface area contributed by atoms with E-state index in [0.29, 0.717) is 17.3 Å². The number of anilines is 1. The van der Waals surface area contributed by atoms with Gasteiger partial charge in [0, 0.05) is 5.02 Å². The van der Waals surface area contributed by atoms with Gasteiger partial charge in [-0.15, -0.1) is 0 Å². The molecular weight excluding hydrogens is 388 g/mol. The van der Waals surface area contributed by atoms with Gasteiger partial charge in [0.25, 0.3) is 5.91 Å². The van der Waals surface area contributed by atoms with E-state index in [9.17, 15) is 13.6 Å². The van der Waals surface area contributed by atoms with Crippen molar-refractivity contribution in [2.75, 3.05) is 45.2 Å². The Balaban J connectivity index is 1.49. The van der Waals surface area contributed by atoms with Crippen LogP contribution < -0.4 is 19.9 Å². The fourth-order valence-electron chi connectivity index (χ4n) is 3.48. The number of methoxy groups -OCH3 is 1. The number of halogens is 3. The first-order chi connectivity index (χ1) is 13.4. The molecule has 1 aliphatic heterocycles. The Morgan fingerprint density at radius 3 is 2.54 bits per heavy atom. The first-order valence-corrected chi connectivity index (χ1v) is 9.57. The molecule has 1 heterocycles. The van der Waals surface area contributed by atoms with Gasteiger partial charge < -0.3 is 19.9 Å². The molecule has 0 bridgehead atoms. The number of hydrogen-bond acceptors (Lipinski definition) is 2. The molecule has 8 heteroatoms. The summed E-state index contributed by atoms with van der Waals surface area (Å²) in [6.45, 7) is 4.26. The van der Waals surface area contributed by atoms with Crippen LogP contribution >= 0.6 is 11.6 Å². The van der Waals surface area contributed by atoms with Gasteiger partial charge in [0.2, 0.25) is 0 Å². The number of amides is 1. The Kier molecular flexibility index (Phi) is 6.83. The topological polar surface area (TPSA) is 47.2 Å². The number of benzene rings is 2. The van der Waals surface area contributed by atoms with Gasteiger partial charge in [-0.2, -0.15) is 0 Å². The third kappa shape index (κ3) is 5.41. The Bertz CT molecular complexity index is 842. The average molecular weight is 412 g/mol. The Morgan fingerprint density at radius 1 is 1.11 bits per heavy atom. The van der Waals surface area contributed by atoms with Gasteiger partial charge in [-0.25, -0.2) is 8.78 Å². The lowest BCUT2D eigenvalue weighted by Crippen LogP contribution is -3.28. The lowest BCUT2D eigenvalue weighted by Gasteiger charge is -2.29. The monoisotopic (exact) mass is 411 g/mol. The average Bonchev–Trinajstić information content (AvgIpc) is 2.66. The third-order valence-corrected chi connectivity index (χ3v) is 5.20. The van der Waals surface area contributed by atoms with Crippen molar-refractivity contribution in [3.63, 3.8) is 0 Å². The summed E-state index contributed by atoms with van der Waals surface area (Å²) in [7, 11) is 1.58. The summed E-state index contributed by atoms with van der Waals surface area (Å²) < 4.78 is 32.6. The zero-order valence-corrected chi connectivity index (χ0v) is 16.4. The summed E-state index contributed by atoms with van der Waals surface area (Å²) in [6, 6.07) is 8.61. The van der Waals surface area contributed by atoms with Crippen LogP contribution in [0.5, 0.6) is 5.75 Å². The van der Waals surface area contributed by atoms with Gasteiger partial charge in [-0.05, 0) is 36.4 Å². The molecule has 0 saturated carbocycles. The predicted molar refractivity (Wildman–Crippen MR) is 103 cm³/mol. The molecule has 1 aliphatic rings. The minimum absolute atomic E-state index is 0.0966. The second kappa shape index (κ2) is 9.32. The van der Waals surface area contributed by atoms with Crippen molar-refractivity contribution < 1.29 is 28.1 Å². The quantitative estimate of drug-likeness (QED) is 0.650. The Labute approximate surface area is 167 Å². The Hall–Kier alpha value is -2.22. The number of ether oxygens (including phenoxy) is 1. The van der Waals surface area contributed by atoms with Crippen molar-refractivity contribution in [2.24, 2.45) is 0 Å². The van der Waals surface area contributed by atoms with Gasteiger partial charge in [0.1, 0.15) is 50.1 Å². The molecule has 1 amide bonds. The molecule has 2 aromatic carbocycles. The maximum absolute atomic E-state index is 13.7. The first kappa shape index (κ1) is 20.5. The van der Waals surface area contributed by atoms with E-state index in [1.165, 1.54) is 35.2 Å². The zero-order valence-electron chi connectivity index (χ0n) is 15.7. The van der Waals surface area contributed by atoms with Crippen molar-refractivity contribution in [1.29, 1.82) is 0 Å². The number of carbonyl (C=O) groups is 1. The van der Waals surface area contributed by atoms with Crippen molar-refractivity contribution in [1.82, 2.24) is 0 Å². The lowest BCUT2D eigenvalue weighted by molar-refractivity contribution is -1.02. The summed E-state index contributed by atoms with van der Waals surface area (Å²) in [5, 5.41) is 2.96. The minimum atomic E-state index is -0.508. The highest BCUT2D eigenvalue weighted by Crippen LogP contribution is 2.19. The maximum atomic E-state index is 13.7. The van der Waals surface area contributed by atoms with Crippen LogP contribution in [0.25, 0.3) is 0 Å². The van der Waals surface area contributed by atoms with Crippen LogP contribution in [-0.4, -0.2) is 45.7 Å². The second-order valence-electron chi connectivity index (χ2n) is 6.98. The summed E-state index contributed by atoms with van der Waals surface area (Å²) in [4.78, 5) is 14.7. The normalized spacial score (nSPS) is 19.3. The number of piperazine rings is 1. The molecule has 3 rings (SSSR count). The van der Waals surface area contributed by atoms with Crippen molar-refractivity contribution in [3.8, 4) is 5.75 Å². The summed E-state index contributed by atoms with van der Waals surface area (Å²) in [6.07, 6.45) is 0. The van der Waals surface area contributed by atoms with Crippen LogP contribution in [0.15, 0.2) is 36.4 Å². The van der Waals surface area contributed by atoms with E-state index in [1.807, 2.05) is 0 Å². The SMILES string of the molecule is COc1ccc(F)cc1C[NH+]1CC[NH+](CC(=O)Nc2cc(Cl)ccc2F)CC1. The van der Waals surface area contributed by atoms with Crippen LogP contribution in [0.4, 0.5) is 14.5 Å². The third-order valence-electron chi connectivity index (χ3n) is 4.96. The molecule has 28 heavy (non-hydrogen) atoms. The van der Waals surface area contributed by atoms with Crippen molar-refractivity contribution >= 4 is 23.2 Å². The highest BCUT2D eigenvalue weighted by Gasteiger charge is 2.26. The van der Waals surface area contributed by atoms with Crippen LogP contribution in [-0.2, 0) is 11.3 Å². The molecule has 0 radical (unpaired) electrons. The summed E-state index contributed by atoms with van der Waals surface area (Å²) >= 11 is 5.85. The lowest BCUT2D eigenvalue weighted by atomic mass is 10.1. The molecule has 3 N–H and O–H groups in total. The number of nitrogens with one attached hydrogen (secondary N) is 3. The fraction of sp³-hybridized carbons (Fsp3) is 0.350. The molecule has 2 aromatic rings. The number of rotatable bonds is 6. The molecular formula is C20H24ClF2N3O2+2. The zero-order chi connectivity index (χ0) is 20.1. The van der Waals surface area contributed by atoms with Crippen LogP contribution in [0.2, 0.25) is 5.02 Å². The van der Waals surface area contributed by atoms with E-state index >= 15 is 0 Å². The van der Waals surface area contributed by atoms with E-state index in [0.717, 1.165) is 36.6 Å². The molecule has 1 fully saturated rings. The smallest absolute Gasteiger partial charge is 0.279 e. The predicted octanol–water partition coefficient (Wildman–Crippen LogP) is 0.549. The standard InChI is InChI=1S/C20H22ClF2N3O2/c1-28-19-5-3-16(22)10-14(19)12-25-6-8-26(9-7-25)13-20(27)24-18-11-15(21)2-4-17(18)23/h2-5,10-11H,6-9,12-13H2,1H3,(H,24,27)/p+2. The van der Waals surface area contributed by atoms with E-state index in [2.05, 4.69) is 5.32 Å². The molecule has 5 nitrogen and oxygen atoms in total. The van der Waals surface area contributed by atoms with Gasteiger partial charge in [0.15, 0.2) is 6.54 Å². The molecule has 0 aromatic heterocycles. The number of quaternary nitrogens is 2. The molecule has 0 aliphatic carbocycles. The van der Waals surface area contributed by atoms with Crippen LogP contribution in [0, 0.1) is 11.6 Å². The minimum Gasteiger partial charge on any atom is -0.496 e. The number of hydrogen-bond donors (Lipinski definition) is 3. The van der Waals surface area contributed by atoms with Crippen molar-refractivity contribution in [3.05, 3.63) is 58.6 Å². The first-order valence-electron chi connectivity index (χ1n) is 9.19. The van der Waals surface area contributed by atoms with E-state index in [4.69, 9.17) is 16.3 Å². The fourth-order valence-corrected chi connectivity index (χ4v) is 3.65. The summed E-state index contributed by atoms with van der Waals surface area (Å²) in [5.74, 6) is -0.339. The molecule has 1 saturated heterocycles. The highest BCUT2D eigenvalue weighted by atomic mass is 35.5. The molecule has 0 unspecified atom stereocenters. The van der Waals surface area contributed by atoms with Gasteiger partial charge in [0.05, 0.1) is 18.4 Å². The van der Waals surface area contributed by atoms with Gasteiger partial charge in [-0.3, -0.25) is 4.79 Å². The largest absolute Gasteiger partial charge is 0.496 e. The van der Waals surface area contributed by atoms with Crippen LogP contribution in [0.3, 0.4) is 0 Å². The Morgan fingerprint density at radius 2 is 1.82 bits per heavy atom.